The van der Waals surface area contributed by atoms with Gasteiger partial charge in [0.2, 0.25) is 0 Å². The normalized spacial score (nSPS) is 18.3. The summed E-state index contributed by atoms with van der Waals surface area (Å²) in [6.07, 6.45) is 0.999. The number of ether oxygens (including phenoxy) is 1. The minimum atomic E-state index is -0.117. The smallest absolute Gasteiger partial charge is 0.144 e. The Kier molecular flexibility index (Phi) is 3.39. The predicted octanol–water partition coefficient (Wildman–Crippen LogP) is 4.72. The van der Waals surface area contributed by atoms with Crippen molar-refractivity contribution in [3.63, 3.8) is 0 Å². The fourth-order valence-electron chi connectivity index (χ4n) is 2.10. The molecule has 1 aliphatic heterocycles. The zero-order valence-electron chi connectivity index (χ0n) is 11.9. The van der Waals surface area contributed by atoms with Crippen molar-refractivity contribution in [3.05, 3.63) is 22.2 Å². The van der Waals surface area contributed by atoms with Crippen LogP contribution in [0.2, 0.25) is 0 Å². The molecule has 0 spiro atoms. The van der Waals surface area contributed by atoms with Crippen LogP contribution in [0.3, 0.4) is 0 Å². The van der Waals surface area contributed by atoms with Crippen molar-refractivity contribution in [1.82, 2.24) is 0 Å². The van der Waals surface area contributed by atoms with Gasteiger partial charge in [-0.2, -0.15) is 0 Å². The lowest BCUT2D eigenvalue weighted by Gasteiger charge is -2.26. The summed E-state index contributed by atoms with van der Waals surface area (Å²) in [6.45, 7) is 11.9. The first-order chi connectivity index (χ1) is 8.19. The standard InChI is InChI=1S/C15H22BrNO/c1-14(2,3)10-8-11(16)13-12(9-10)18-15(4,5)6-7-17-13/h8-9,17H,6-7H2,1-5H3. The van der Waals surface area contributed by atoms with Crippen molar-refractivity contribution in [1.29, 1.82) is 0 Å². The van der Waals surface area contributed by atoms with E-state index in [0.717, 1.165) is 28.9 Å². The lowest BCUT2D eigenvalue weighted by molar-refractivity contribution is 0.108. The van der Waals surface area contributed by atoms with Crippen LogP contribution in [0.15, 0.2) is 16.6 Å². The summed E-state index contributed by atoms with van der Waals surface area (Å²) in [5.74, 6) is 0.955. The molecule has 0 radical (unpaired) electrons. The van der Waals surface area contributed by atoms with Gasteiger partial charge >= 0.3 is 0 Å². The van der Waals surface area contributed by atoms with Crippen LogP contribution in [0, 0.1) is 0 Å². The number of rotatable bonds is 0. The molecule has 1 aliphatic rings. The number of hydrogen-bond donors (Lipinski definition) is 1. The quantitative estimate of drug-likeness (QED) is 0.748. The van der Waals surface area contributed by atoms with Gasteiger partial charge in [-0.3, -0.25) is 0 Å². The van der Waals surface area contributed by atoms with E-state index in [-0.39, 0.29) is 11.0 Å². The lowest BCUT2D eigenvalue weighted by atomic mass is 9.87. The fraction of sp³-hybridized carbons (Fsp3) is 0.600. The largest absolute Gasteiger partial charge is 0.486 e. The van der Waals surface area contributed by atoms with Crippen LogP contribution < -0.4 is 10.1 Å². The molecule has 2 rings (SSSR count). The molecule has 0 fully saturated rings. The highest BCUT2D eigenvalue weighted by molar-refractivity contribution is 9.10. The van der Waals surface area contributed by atoms with E-state index in [1.54, 1.807) is 0 Å². The summed E-state index contributed by atoms with van der Waals surface area (Å²) in [5.41, 5.74) is 2.37. The lowest BCUT2D eigenvalue weighted by Crippen LogP contribution is -2.28. The zero-order chi connectivity index (χ0) is 13.6. The molecule has 1 heterocycles. The van der Waals surface area contributed by atoms with Gasteiger partial charge in [0, 0.05) is 17.4 Å². The maximum absolute atomic E-state index is 6.17. The van der Waals surface area contributed by atoms with Gasteiger partial charge in [-0.1, -0.05) is 20.8 Å². The Labute approximate surface area is 118 Å². The number of anilines is 1. The Hall–Kier alpha value is -0.700. The maximum Gasteiger partial charge on any atom is 0.144 e. The summed E-state index contributed by atoms with van der Waals surface area (Å²) in [7, 11) is 0. The van der Waals surface area contributed by atoms with E-state index < -0.39 is 0 Å². The summed E-state index contributed by atoms with van der Waals surface area (Å²) < 4.78 is 7.25. The SMILES string of the molecule is CC1(C)CCNc2c(Br)cc(C(C)(C)C)cc2O1. The molecule has 0 saturated heterocycles. The molecule has 0 amide bonds. The molecular formula is C15H22BrNO. The second kappa shape index (κ2) is 4.44. The molecule has 0 bridgehead atoms. The molecule has 0 unspecified atom stereocenters. The Bertz CT molecular complexity index is 460. The van der Waals surface area contributed by atoms with E-state index in [9.17, 15) is 0 Å². The second-order valence-electron chi connectivity index (χ2n) is 6.62. The van der Waals surface area contributed by atoms with Crippen molar-refractivity contribution < 1.29 is 4.74 Å². The molecule has 100 valence electrons. The average Bonchev–Trinajstić information content (AvgIpc) is 2.33. The van der Waals surface area contributed by atoms with Crippen LogP contribution in [0.4, 0.5) is 5.69 Å². The molecule has 3 heteroatoms. The first-order valence-corrected chi connectivity index (χ1v) is 7.25. The van der Waals surface area contributed by atoms with E-state index in [4.69, 9.17) is 4.74 Å². The van der Waals surface area contributed by atoms with E-state index in [2.05, 4.69) is 68.0 Å². The predicted molar refractivity (Wildman–Crippen MR) is 80.7 cm³/mol. The van der Waals surface area contributed by atoms with Crippen LogP contribution in [0.25, 0.3) is 0 Å². The third-order valence-corrected chi connectivity index (χ3v) is 3.96. The van der Waals surface area contributed by atoms with Gasteiger partial charge in [0.15, 0.2) is 0 Å². The first kappa shape index (κ1) is 13.7. The van der Waals surface area contributed by atoms with Crippen LogP contribution in [-0.4, -0.2) is 12.1 Å². The van der Waals surface area contributed by atoms with Gasteiger partial charge < -0.3 is 10.1 Å². The van der Waals surface area contributed by atoms with Gasteiger partial charge in [0.1, 0.15) is 11.4 Å². The van der Waals surface area contributed by atoms with Crippen molar-refractivity contribution >= 4 is 21.6 Å². The van der Waals surface area contributed by atoms with E-state index in [0.29, 0.717) is 0 Å². The molecule has 0 aliphatic carbocycles. The van der Waals surface area contributed by atoms with Crippen LogP contribution in [0.5, 0.6) is 5.75 Å². The Morgan fingerprint density at radius 2 is 1.94 bits per heavy atom. The van der Waals surface area contributed by atoms with Crippen LogP contribution >= 0.6 is 15.9 Å². The summed E-state index contributed by atoms with van der Waals surface area (Å²) >= 11 is 3.66. The molecular weight excluding hydrogens is 290 g/mol. The van der Waals surface area contributed by atoms with Gasteiger partial charge in [0.25, 0.3) is 0 Å². The van der Waals surface area contributed by atoms with E-state index in [1.807, 2.05) is 0 Å². The summed E-state index contributed by atoms with van der Waals surface area (Å²) in [5, 5.41) is 3.46. The van der Waals surface area contributed by atoms with Crippen molar-refractivity contribution in [2.24, 2.45) is 0 Å². The number of halogens is 1. The highest BCUT2D eigenvalue weighted by atomic mass is 79.9. The maximum atomic E-state index is 6.17. The van der Waals surface area contributed by atoms with Gasteiger partial charge in [-0.15, -0.1) is 0 Å². The molecule has 1 aromatic carbocycles. The van der Waals surface area contributed by atoms with Crippen molar-refractivity contribution in [2.75, 3.05) is 11.9 Å². The zero-order valence-corrected chi connectivity index (χ0v) is 13.4. The van der Waals surface area contributed by atoms with Crippen molar-refractivity contribution in [3.8, 4) is 5.75 Å². The molecule has 0 aromatic heterocycles. The molecule has 2 nitrogen and oxygen atoms in total. The number of fused-ring (bicyclic) bond motifs is 1. The molecule has 0 atom stereocenters. The average molecular weight is 312 g/mol. The minimum Gasteiger partial charge on any atom is -0.486 e. The Morgan fingerprint density at radius 1 is 1.28 bits per heavy atom. The third kappa shape index (κ3) is 2.82. The second-order valence-corrected chi connectivity index (χ2v) is 7.47. The minimum absolute atomic E-state index is 0.117. The Balaban J connectivity index is 2.51. The third-order valence-electron chi connectivity index (χ3n) is 3.34. The van der Waals surface area contributed by atoms with Gasteiger partial charge in [-0.05, 0) is 52.9 Å². The van der Waals surface area contributed by atoms with E-state index in [1.165, 1.54) is 5.56 Å². The van der Waals surface area contributed by atoms with Gasteiger partial charge in [-0.25, -0.2) is 0 Å². The van der Waals surface area contributed by atoms with E-state index >= 15 is 0 Å². The van der Waals surface area contributed by atoms with Crippen LogP contribution in [-0.2, 0) is 5.41 Å². The Morgan fingerprint density at radius 3 is 2.56 bits per heavy atom. The summed E-state index contributed by atoms with van der Waals surface area (Å²) in [4.78, 5) is 0. The molecule has 1 N–H and O–H groups in total. The molecule has 18 heavy (non-hydrogen) atoms. The first-order valence-electron chi connectivity index (χ1n) is 6.46. The number of hydrogen-bond acceptors (Lipinski definition) is 2. The highest BCUT2D eigenvalue weighted by Crippen LogP contribution is 2.41. The highest BCUT2D eigenvalue weighted by Gasteiger charge is 2.27. The summed E-state index contributed by atoms with van der Waals surface area (Å²) in [6, 6.07) is 4.35. The van der Waals surface area contributed by atoms with Crippen LogP contribution in [0.1, 0.15) is 46.6 Å². The monoisotopic (exact) mass is 311 g/mol. The van der Waals surface area contributed by atoms with Crippen molar-refractivity contribution in [2.45, 2.75) is 52.1 Å². The fourth-order valence-corrected chi connectivity index (χ4v) is 2.69. The number of benzene rings is 1. The molecule has 1 aromatic rings. The topological polar surface area (TPSA) is 21.3 Å². The molecule has 0 saturated carbocycles. The van der Waals surface area contributed by atoms with Gasteiger partial charge in [0.05, 0.1) is 5.69 Å². The number of nitrogens with one attached hydrogen (secondary N) is 1.